The number of ether oxygens (including phenoxy) is 1. The van der Waals surface area contributed by atoms with Gasteiger partial charge >= 0.3 is 5.97 Å². The van der Waals surface area contributed by atoms with Crippen molar-refractivity contribution in [3.63, 3.8) is 0 Å². The second kappa shape index (κ2) is 8.31. The predicted molar refractivity (Wildman–Crippen MR) is 103 cm³/mol. The van der Waals surface area contributed by atoms with Crippen LogP contribution in [0.2, 0.25) is 0 Å². The van der Waals surface area contributed by atoms with Crippen molar-refractivity contribution in [1.82, 2.24) is 0 Å². The van der Waals surface area contributed by atoms with Crippen molar-refractivity contribution in [3.8, 4) is 0 Å². The lowest BCUT2D eigenvalue weighted by atomic mass is 10.0. The predicted octanol–water partition coefficient (Wildman–Crippen LogP) is 3.34. The first kappa shape index (κ1) is 18.4. The SMILES string of the molecule is CCOC(=O)C(=NNc1ccc([N+](=O)[O-])cc1)N1CCCc2ccccc21. The van der Waals surface area contributed by atoms with Gasteiger partial charge in [-0.1, -0.05) is 18.2 Å². The third-order valence-corrected chi connectivity index (χ3v) is 4.19. The van der Waals surface area contributed by atoms with Crippen LogP contribution in [-0.2, 0) is 16.0 Å². The average Bonchev–Trinajstić information content (AvgIpc) is 2.69. The van der Waals surface area contributed by atoms with Crippen molar-refractivity contribution in [3.05, 3.63) is 64.2 Å². The summed E-state index contributed by atoms with van der Waals surface area (Å²) in [5, 5.41) is 15.0. The number of amidine groups is 1. The summed E-state index contributed by atoms with van der Waals surface area (Å²) in [6.07, 6.45) is 1.84. The maximum absolute atomic E-state index is 12.5. The number of nitro groups is 1. The van der Waals surface area contributed by atoms with Gasteiger partial charge in [0, 0.05) is 24.4 Å². The molecule has 2 aromatic rings. The number of hydrogen-bond acceptors (Lipinski definition) is 6. The number of esters is 1. The summed E-state index contributed by atoms with van der Waals surface area (Å²) in [6.45, 7) is 2.63. The van der Waals surface area contributed by atoms with Crippen molar-refractivity contribution in [1.29, 1.82) is 0 Å². The maximum Gasteiger partial charge on any atom is 0.376 e. The smallest absolute Gasteiger partial charge is 0.376 e. The summed E-state index contributed by atoms with van der Waals surface area (Å²) in [7, 11) is 0. The van der Waals surface area contributed by atoms with Crippen LogP contribution in [0.3, 0.4) is 0 Å². The number of aryl methyl sites for hydroxylation is 1. The summed E-state index contributed by atoms with van der Waals surface area (Å²) < 4.78 is 5.17. The molecular weight excluding hydrogens is 348 g/mol. The Hall–Kier alpha value is -3.42. The molecule has 0 spiro atoms. The molecule has 0 amide bonds. The van der Waals surface area contributed by atoms with E-state index in [-0.39, 0.29) is 18.1 Å². The Bertz CT molecular complexity index is 864. The van der Waals surface area contributed by atoms with E-state index in [0.29, 0.717) is 12.2 Å². The Morgan fingerprint density at radius 3 is 2.70 bits per heavy atom. The third-order valence-electron chi connectivity index (χ3n) is 4.19. The summed E-state index contributed by atoms with van der Waals surface area (Å²) in [5.74, 6) is -0.369. The Morgan fingerprint density at radius 1 is 1.26 bits per heavy atom. The number of anilines is 2. The van der Waals surface area contributed by atoms with E-state index in [1.165, 1.54) is 24.3 Å². The van der Waals surface area contributed by atoms with Crippen molar-refractivity contribution in [2.45, 2.75) is 19.8 Å². The second-order valence-corrected chi connectivity index (χ2v) is 5.96. The van der Waals surface area contributed by atoms with E-state index in [9.17, 15) is 14.9 Å². The highest BCUT2D eigenvalue weighted by atomic mass is 16.6. The van der Waals surface area contributed by atoms with Crippen LogP contribution in [0.5, 0.6) is 0 Å². The number of hydrogen-bond donors (Lipinski definition) is 1. The number of hydrazone groups is 1. The molecule has 0 saturated carbocycles. The highest BCUT2D eigenvalue weighted by molar-refractivity contribution is 6.41. The van der Waals surface area contributed by atoms with Crippen LogP contribution in [-0.4, -0.2) is 29.9 Å². The fourth-order valence-corrected chi connectivity index (χ4v) is 2.94. The Balaban J connectivity index is 1.89. The number of nitrogens with zero attached hydrogens (tertiary/aromatic N) is 3. The number of benzene rings is 2. The minimum absolute atomic E-state index is 0.0138. The molecule has 0 bridgehead atoms. The van der Waals surface area contributed by atoms with E-state index in [1.54, 1.807) is 6.92 Å². The molecule has 3 rings (SSSR count). The molecule has 0 saturated heterocycles. The molecule has 1 aliphatic heterocycles. The fourth-order valence-electron chi connectivity index (χ4n) is 2.94. The largest absolute Gasteiger partial charge is 0.460 e. The normalized spacial score (nSPS) is 13.7. The maximum atomic E-state index is 12.5. The van der Waals surface area contributed by atoms with Crippen LogP contribution in [0.1, 0.15) is 18.9 Å². The van der Waals surface area contributed by atoms with E-state index < -0.39 is 10.9 Å². The lowest BCUT2D eigenvalue weighted by Crippen LogP contribution is -2.41. The molecule has 27 heavy (non-hydrogen) atoms. The average molecular weight is 368 g/mol. The zero-order valence-electron chi connectivity index (χ0n) is 14.9. The highest BCUT2D eigenvalue weighted by Crippen LogP contribution is 2.27. The summed E-state index contributed by atoms with van der Waals surface area (Å²) in [4.78, 5) is 24.6. The van der Waals surface area contributed by atoms with Gasteiger partial charge in [-0.15, -0.1) is 5.10 Å². The Labute approximate surface area is 156 Å². The molecule has 0 aromatic heterocycles. The first-order valence-electron chi connectivity index (χ1n) is 8.71. The molecule has 0 unspecified atom stereocenters. The van der Waals surface area contributed by atoms with Gasteiger partial charge < -0.3 is 9.64 Å². The number of nitro benzene ring substituents is 1. The van der Waals surface area contributed by atoms with E-state index in [1.807, 2.05) is 29.2 Å². The Kier molecular flexibility index (Phi) is 5.65. The van der Waals surface area contributed by atoms with Crippen LogP contribution in [0.15, 0.2) is 53.6 Å². The van der Waals surface area contributed by atoms with Gasteiger partial charge in [0.25, 0.3) is 5.69 Å². The summed E-state index contributed by atoms with van der Waals surface area (Å²) >= 11 is 0. The second-order valence-electron chi connectivity index (χ2n) is 5.96. The van der Waals surface area contributed by atoms with Crippen LogP contribution >= 0.6 is 0 Å². The van der Waals surface area contributed by atoms with E-state index in [4.69, 9.17) is 4.74 Å². The van der Waals surface area contributed by atoms with Crippen molar-refractivity contribution in [2.24, 2.45) is 5.10 Å². The van der Waals surface area contributed by atoms with E-state index in [2.05, 4.69) is 10.5 Å². The van der Waals surface area contributed by atoms with Crippen LogP contribution in [0.4, 0.5) is 17.1 Å². The lowest BCUT2D eigenvalue weighted by Gasteiger charge is -2.30. The Morgan fingerprint density at radius 2 is 2.00 bits per heavy atom. The molecule has 0 atom stereocenters. The molecule has 0 aliphatic carbocycles. The molecule has 8 heteroatoms. The van der Waals surface area contributed by atoms with Gasteiger partial charge in [0.2, 0.25) is 5.84 Å². The van der Waals surface area contributed by atoms with Gasteiger partial charge in [0.15, 0.2) is 0 Å². The number of fused-ring (bicyclic) bond motifs is 1. The number of nitrogens with one attached hydrogen (secondary N) is 1. The topological polar surface area (TPSA) is 97.1 Å². The standard InChI is InChI=1S/C19H20N4O4/c1-2-27-19(24)18(21-20-15-9-11-16(12-10-15)23(25)26)22-13-5-7-14-6-3-4-8-17(14)22/h3-4,6,8-12,20H,2,5,7,13H2,1H3. The van der Waals surface area contributed by atoms with Crippen LogP contribution < -0.4 is 10.3 Å². The lowest BCUT2D eigenvalue weighted by molar-refractivity contribution is -0.384. The minimum atomic E-state index is -0.524. The van der Waals surface area contributed by atoms with Gasteiger partial charge in [-0.25, -0.2) is 4.79 Å². The third kappa shape index (κ3) is 4.22. The van der Waals surface area contributed by atoms with Crippen molar-refractivity contribution >= 4 is 28.9 Å². The first-order chi connectivity index (χ1) is 13.1. The van der Waals surface area contributed by atoms with Gasteiger partial charge in [-0.05, 0) is 43.5 Å². The number of para-hydroxylation sites is 1. The number of non-ortho nitro benzene ring substituents is 1. The number of rotatable bonds is 4. The van der Waals surface area contributed by atoms with E-state index in [0.717, 1.165) is 24.1 Å². The zero-order chi connectivity index (χ0) is 19.2. The monoisotopic (exact) mass is 368 g/mol. The summed E-state index contributed by atoms with van der Waals surface area (Å²) in [6, 6.07) is 13.7. The molecular formula is C19H20N4O4. The zero-order valence-corrected chi connectivity index (χ0v) is 14.9. The number of carbonyl (C=O) groups is 1. The molecule has 2 aromatic carbocycles. The molecule has 140 valence electrons. The van der Waals surface area contributed by atoms with Gasteiger partial charge in [0.1, 0.15) is 0 Å². The molecule has 1 aliphatic rings. The molecule has 8 nitrogen and oxygen atoms in total. The minimum Gasteiger partial charge on any atom is -0.460 e. The van der Waals surface area contributed by atoms with Gasteiger partial charge in [-0.2, -0.15) is 0 Å². The fraction of sp³-hybridized carbons (Fsp3) is 0.263. The molecule has 0 fully saturated rings. The van der Waals surface area contributed by atoms with Crippen LogP contribution in [0, 0.1) is 10.1 Å². The van der Waals surface area contributed by atoms with Crippen molar-refractivity contribution in [2.75, 3.05) is 23.5 Å². The van der Waals surface area contributed by atoms with Crippen molar-refractivity contribution < 1.29 is 14.5 Å². The highest BCUT2D eigenvalue weighted by Gasteiger charge is 2.26. The quantitative estimate of drug-likeness (QED) is 0.292. The summed E-state index contributed by atoms with van der Waals surface area (Å²) in [5.41, 5.74) is 5.40. The first-order valence-corrected chi connectivity index (χ1v) is 8.71. The van der Waals surface area contributed by atoms with Crippen LogP contribution in [0.25, 0.3) is 0 Å². The molecule has 1 N–H and O–H groups in total. The van der Waals surface area contributed by atoms with Gasteiger partial charge in [0.05, 0.1) is 17.2 Å². The van der Waals surface area contributed by atoms with E-state index >= 15 is 0 Å². The molecule has 1 heterocycles. The van der Waals surface area contributed by atoms with Gasteiger partial charge in [-0.3, -0.25) is 15.5 Å². The number of carbonyl (C=O) groups excluding carboxylic acids is 1. The molecule has 0 radical (unpaired) electrons.